The van der Waals surface area contributed by atoms with Crippen molar-refractivity contribution < 1.29 is 14.7 Å². The second kappa shape index (κ2) is 5.27. The van der Waals surface area contributed by atoms with Crippen LogP contribution in [0.4, 0.5) is 0 Å². The van der Waals surface area contributed by atoms with Gasteiger partial charge in [0.2, 0.25) is 5.91 Å². The molecule has 2 atom stereocenters. The first-order valence-electron chi connectivity index (χ1n) is 6.95. The van der Waals surface area contributed by atoms with Crippen LogP contribution >= 0.6 is 0 Å². The van der Waals surface area contributed by atoms with Crippen molar-refractivity contribution in [3.63, 3.8) is 0 Å². The van der Waals surface area contributed by atoms with Crippen molar-refractivity contribution >= 4 is 11.9 Å². The summed E-state index contributed by atoms with van der Waals surface area (Å²) in [6, 6.07) is 9.76. The van der Waals surface area contributed by atoms with Crippen molar-refractivity contribution in [1.82, 2.24) is 4.90 Å². The van der Waals surface area contributed by atoms with Gasteiger partial charge in [-0.15, -0.1) is 0 Å². The summed E-state index contributed by atoms with van der Waals surface area (Å²) >= 11 is 0. The molecule has 1 aromatic carbocycles. The number of benzene rings is 1. The zero-order valence-corrected chi connectivity index (χ0v) is 12.2. The van der Waals surface area contributed by atoms with Gasteiger partial charge in [-0.25, -0.2) is 0 Å². The topological polar surface area (TPSA) is 57.6 Å². The maximum absolute atomic E-state index is 12.5. The molecule has 108 valence electrons. The molecule has 0 bridgehead atoms. The predicted molar refractivity (Wildman–Crippen MR) is 75.9 cm³/mol. The standard InChI is InChI=1S/C16H21NO3/c1-4-17(10-11-8-6-5-7-9-11)14(18)12-13(15(19)20)16(12,2)3/h5-9,12-13H,4,10H2,1-3H3,(H,19,20). The lowest BCUT2D eigenvalue weighted by Gasteiger charge is -2.21. The van der Waals surface area contributed by atoms with Gasteiger partial charge in [0.25, 0.3) is 0 Å². The molecule has 0 spiro atoms. The molecule has 1 aliphatic carbocycles. The van der Waals surface area contributed by atoms with Crippen molar-refractivity contribution in [2.45, 2.75) is 27.3 Å². The summed E-state index contributed by atoms with van der Waals surface area (Å²) in [4.78, 5) is 25.5. The molecule has 2 rings (SSSR count). The third-order valence-corrected chi connectivity index (χ3v) is 4.27. The van der Waals surface area contributed by atoms with E-state index in [0.29, 0.717) is 13.1 Å². The Bertz CT molecular complexity index is 510. The van der Waals surface area contributed by atoms with Gasteiger partial charge in [0, 0.05) is 13.1 Å². The number of rotatable bonds is 5. The quantitative estimate of drug-likeness (QED) is 0.897. The van der Waals surface area contributed by atoms with Gasteiger partial charge >= 0.3 is 5.97 Å². The van der Waals surface area contributed by atoms with Crippen molar-refractivity contribution in [2.24, 2.45) is 17.3 Å². The molecular formula is C16H21NO3. The van der Waals surface area contributed by atoms with Gasteiger partial charge in [0.05, 0.1) is 11.8 Å². The Labute approximate surface area is 119 Å². The first-order chi connectivity index (χ1) is 9.39. The highest BCUT2D eigenvalue weighted by Gasteiger charge is 2.66. The number of hydrogen-bond acceptors (Lipinski definition) is 2. The number of hydrogen-bond donors (Lipinski definition) is 1. The number of amides is 1. The number of nitrogens with zero attached hydrogens (tertiary/aromatic N) is 1. The van der Waals surface area contributed by atoms with Gasteiger partial charge in [-0.05, 0) is 17.9 Å². The highest BCUT2D eigenvalue weighted by atomic mass is 16.4. The molecule has 20 heavy (non-hydrogen) atoms. The Kier molecular flexibility index (Phi) is 3.84. The second-order valence-corrected chi connectivity index (χ2v) is 5.95. The fourth-order valence-corrected chi connectivity index (χ4v) is 2.91. The SMILES string of the molecule is CCN(Cc1ccccc1)C(=O)C1C(C(=O)O)C1(C)C. The van der Waals surface area contributed by atoms with Crippen LogP contribution in [0.5, 0.6) is 0 Å². The summed E-state index contributed by atoms with van der Waals surface area (Å²) in [6.45, 7) is 6.75. The van der Waals surface area contributed by atoms with E-state index in [1.165, 1.54) is 0 Å². The van der Waals surface area contributed by atoms with Crippen molar-refractivity contribution in [3.8, 4) is 0 Å². The van der Waals surface area contributed by atoms with Gasteiger partial charge in [-0.2, -0.15) is 0 Å². The summed E-state index contributed by atoms with van der Waals surface area (Å²) < 4.78 is 0. The lowest BCUT2D eigenvalue weighted by Crippen LogP contribution is -2.33. The Morgan fingerprint density at radius 3 is 2.25 bits per heavy atom. The van der Waals surface area contributed by atoms with Gasteiger partial charge in [-0.1, -0.05) is 44.2 Å². The molecule has 0 radical (unpaired) electrons. The van der Waals surface area contributed by atoms with Crippen LogP contribution in [0.15, 0.2) is 30.3 Å². The molecule has 0 heterocycles. The van der Waals surface area contributed by atoms with Crippen LogP contribution < -0.4 is 0 Å². The number of aliphatic carboxylic acids is 1. The Morgan fingerprint density at radius 2 is 1.80 bits per heavy atom. The predicted octanol–water partition coefficient (Wildman–Crippen LogP) is 2.39. The van der Waals surface area contributed by atoms with Crippen LogP contribution in [-0.4, -0.2) is 28.4 Å². The molecule has 4 heteroatoms. The molecule has 0 aliphatic heterocycles. The first-order valence-corrected chi connectivity index (χ1v) is 6.95. The normalized spacial score (nSPS) is 23.1. The summed E-state index contributed by atoms with van der Waals surface area (Å²) in [6.07, 6.45) is 0. The fourth-order valence-electron chi connectivity index (χ4n) is 2.91. The van der Waals surface area contributed by atoms with E-state index in [2.05, 4.69) is 0 Å². The molecular weight excluding hydrogens is 254 g/mol. The van der Waals surface area contributed by atoms with Gasteiger partial charge < -0.3 is 10.0 Å². The lowest BCUT2D eigenvalue weighted by molar-refractivity contribution is -0.142. The largest absolute Gasteiger partial charge is 0.481 e. The van der Waals surface area contributed by atoms with Gasteiger partial charge in [0.1, 0.15) is 0 Å². The average Bonchev–Trinajstić information content (AvgIpc) is 2.99. The van der Waals surface area contributed by atoms with Crippen LogP contribution in [0, 0.1) is 17.3 Å². The number of carboxylic acid groups (broad SMARTS) is 1. The van der Waals surface area contributed by atoms with E-state index in [0.717, 1.165) is 5.56 Å². The van der Waals surface area contributed by atoms with E-state index >= 15 is 0 Å². The molecule has 1 fully saturated rings. The molecule has 1 amide bonds. The Hall–Kier alpha value is -1.84. The maximum atomic E-state index is 12.5. The van der Waals surface area contributed by atoms with E-state index < -0.39 is 23.2 Å². The summed E-state index contributed by atoms with van der Waals surface area (Å²) in [5.74, 6) is -1.87. The number of carboxylic acids is 1. The molecule has 0 saturated heterocycles. The lowest BCUT2D eigenvalue weighted by atomic mass is 10.1. The second-order valence-electron chi connectivity index (χ2n) is 5.95. The van der Waals surface area contributed by atoms with Crippen molar-refractivity contribution in [3.05, 3.63) is 35.9 Å². The highest BCUT2D eigenvalue weighted by Crippen LogP contribution is 2.59. The van der Waals surface area contributed by atoms with E-state index in [1.54, 1.807) is 4.90 Å². The van der Waals surface area contributed by atoms with Crippen molar-refractivity contribution in [1.29, 1.82) is 0 Å². The number of carbonyl (C=O) groups is 2. The minimum atomic E-state index is -0.871. The molecule has 4 nitrogen and oxygen atoms in total. The smallest absolute Gasteiger partial charge is 0.307 e. The Balaban J connectivity index is 2.09. The summed E-state index contributed by atoms with van der Waals surface area (Å²) in [5, 5.41) is 9.18. The molecule has 2 unspecified atom stereocenters. The van der Waals surface area contributed by atoms with Gasteiger partial charge in [-0.3, -0.25) is 9.59 Å². The van der Waals surface area contributed by atoms with E-state index in [1.807, 2.05) is 51.1 Å². The first kappa shape index (κ1) is 14.6. The fraction of sp³-hybridized carbons (Fsp3) is 0.500. The average molecular weight is 275 g/mol. The zero-order chi connectivity index (χ0) is 14.9. The van der Waals surface area contributed by atoms with E-state index in [9.17, 15) is 14.7 Å². The molecule has 1 aromatic rings. The minimum Gasteiger partial charge on any atom is -0.481 e. The zero-order valence-electron chi connectivity index (χ0n) is 12.2. The molecule has 1 saturated carbocycles. The molecule has 1 aliphatic rings. The van der Waals surface area contributed by atoms with E-state index in [-0.39, 0.29) is 5.91 Å². The van der Waals surface area contributed by atoms with Crippen LogP contribution in [0.1, 0.15) is 26.3 Å². The third kappa shape index (κ3) is 2.55. The van der Waals surface area contributed by atoms with Crippen LogP contribution in [0.25, 0.3) is 0 Å². The van der Waals surface area contributed by atoms with Crippen LogP contribution in [-0.2, 0) is 16.1 Å². The van der Waals surface area contributed by atoms with Gasteiger partial charge in [0.15, 0.2) is 0 Å². The summed E-state index contributed by atoms with van der Waals surface area (Å²) in [7, 11) is 0. The minimum absolute atomic E-state index is 0.0475. The molecule has 1 N–H and O–H groups in total. The van der Waals surface area contributed by atoms with E-state index in [4.69, 9.17) is 0 Å². The summed E-state index contributed by atoms with van der Waals surface area (Å²) in [5.41, 5.74) is 0.626. The maximum Gasteiger partial charge on any atom is 0.307 e. The monoisotopic (exact) mass is 275 g/mol. The van der Waals surface area contributed by atoms with Crippen LogP contribution in [0.2, 0.25) is 0 Å². The molecule has 0 aromatic heterocycles. The number of carbonyl (C=O) groups excluding carboxylic acids is 1. The highest BCUT2D eigenvalue weighted by molar-refractivity contribution is 5.91. The van der Waals surface area contributed by atoms with Crippen molar-refractivity contribution in [2.75, 3.05) is 6.54 Å². The Morgan fingerprint density at radius 1 is 1.20 bits per heavy atom. The van der Waals surface area contributed by atoms with Crippen LogP contribution in [0.3, 0.4) is 0 Å². The third-order valence-electron chi connectivity index (χ3n) is 4.27.